The summed E-state index contributed by atoms with van der Waals surface area (Å²) in [6, 6.07) is 4.01. The van der Waals surface area contributed by atoms with Crippen molar-refractivity contribution in [2.24, 2.45) is 5.73 Å². The number of fused-ring (bicyclic) bond motifs is 1. The number of nitrogens with two attached hydrogens (primary N) is 1. The van der Waals surface area contributed by atoms with Gasteiger partial charge in [0, 0.05) is 17.8 Å². The molecule has 0 atom stereocenters. The minimum atomic E-state index is -5.17. The lowest BCUT2D eigenvalue weighted by molar-refractivity contribution is -0.140. The number of pyridine rings is 2. The zero-order chi connectivity index (χ0) is 25.7. The predicted molar refractivity (Wildman–Crippen MR) is 109 cm³/mol. The number of aromatic hydroxyl groups is 1. The van der Waals surface area contributed by atoms with Gasteiger partial charge in [-0.25, -0.2) is 8.78 Å². The summed E-state index contributed by atoms with van der Waals surface area (Å²) in [5.41, 5.74) is 1.50. The average molecular weight is 495 g/mol. The van der Waals surface area contributed by atoms with E-state index < -0.39 is 63.3 Å². The van der Waals surface area contributed by atoms with Crippen LogP contribution in [0.25, 0.3) is 22.2 Å². The molecule has 0 radical (unpaired) electrons. The minimum Gasteiger partial charge on any atom is -0.502 e. The van der Waals surface area contributed by atoms with Gasteiger partial charge in [0.1, 0.15) is 17.3 Å². The molecular formula is C22H11F6N3O4. The Kier molecular flexibility index (Phi) is 5.63. The molecule has 0 spiro atoms. The predicted octanol–water partition coefficient (Wildman–Crippen LogP) is 4.62. The Morgan fingerprint density at radius 3 is 2.40 bits per heavy atom. The number of nitrogens with one attached hydrogen (secondary N) is 1. The lowest BCUT2D eigenvalue weighted by Gasteiger charge is -2.17. The number of aromatic amines is 1. The number of primary amides is 1. The summed E-state index contributed by atoms with van der Waals surface area (Å²) < 4.78 is 86.7. The highest BCUT2D eigenvalue weighted by atomic mass is 19.4. The molecule has 1 amide bonds. The second kappa shape index (κ2) is 8.34. The largest absolute Gasteiger partial charge is 0.502 e. The van der Waals surface area contributed by atoms with Crippen molar-refractivity contribution in [2.75, 3.05) is 0 Å². The van der Waals surface area contributed by atoms with E-state index >= 15 is 0 Å². The van der Waals surface area contributed by atoms with Crippen LogP contribution in [0, 0.1) is 17.5 Å². The van der Waals surface area contributed by atoms with Crippen molar-refractivity contribution in [2.45, 2.75) is 6.18 Å². The first-order valence-electron chi connectivity index (χ1n) is 9.46. The van der Waals surface area contributed by atoms with Crippen LogP contribution in [-0.4, -0.2) is 21.0 Å². The SMILES string of the molecule is NC(=O)c1nccc2[nH]c(-c3cc(F)c(C(F)(F)F)cc3Oc3ccc(F)c(F)c3O)cc(=O)c12. The first-order valence-corrected chi connectivity index (χ1v) is 9.46. The lowest BCUT2D eigenvalue weighted by Crippen LogP contribution is -2.17. The molecule has 13 heteroatoms. The number of phenols is 1. The van der Waals surface area contributed by atoms with Crippen molar-refractivity contribution in [3.63, 3.8) is 0 Å². The molecule has 7 nitrogen and oxygen atoms in total. The van der Waals surface area contributed by atoms with Crippen molar-refractivity contribution < 1.29 is 41.0 Å². The summed E-state index contributed by atoms with van der Waals surface area (Å²) in [6.07, 6.45) is -4.04. The fourth-order valence-electron chi connectivity index (χ4n) is 3.32. The van der Waals surface area contributed by atoms with Crippen molar-refractivity contribution in [3.05, 3.63) is 81.5 Å². The minimum absolute atomic E-state index is 0.0155. The third-order valence-corrected chi connectivity index (χ3v) is 4.89. The van der Waals surface area contributed by atoms with Gasteiger partial charge in [-0.2, -0.15) is 17.6 Å². The Morgan fingerprint density at radius 2 is 1.74 bits per heavy atom. The van der Waals surface area contributed by atoms with Gasteiger partial charge in [0.2, 0.25) is 5.82 Å². The number of benzene rings is 2. The summed E-state index contributed by atoms with van der Waals surface area (Å²) in [7, 11) is 0. The number of carbonyl (C=O) groups is 1. The van der Waals surface area contributed by atoms with Crippen LogP contribution in [0.1, 0.15) is 16.1 Å². The van der Waals surface area contributed by atoms with Gasteiger partial charge in [0.15, 0.2) is 22.7 Å². The van der Waals surface area contributed by atoms with E-state index in [2.05, 4.69) is 9.97 Å². The lowest BCUT2D eigenvalue weighted by atomic mass is 10.0. The van der Waals surface area contributed by atoms with Gasteiger partial charge in [-0.1, -0.05) is 0 Å². The number of phenolic OH excluding ortho intramolecular Hbond substituents is 1. The van der Waals surface area contributed by atoms with E-state index in [0.717, 1.165) is 18.3 Å². The van der Waals surface area contributed by atoms with E-state index in [4.69, 9.17) is 10.5 Å². The summed E-state index contributed by atoms with van der Waals surface area (Å²) in [5.74, 6) is -8.84. The average Bonchev–Trinajstić information content (AvgIpc) is 2.78. The molecule has 2 aromatic heterocycles. The topological polar surface area (TPSA) is 118 Å². The first kappa shape index (κ1) is 23.6. The van der Waals surface area contributed by atoms with Crippen molar-refractivity contribution in [1.82, 2.24) is 9.97 Å². The monoisotopic (exact) mass is 495 g/mol. The van der Waals surface area contributed by atoms with Crippen LogP contribution >= 0.6 is 0 Å². The highest BCUT2D eigenvalue weighted by molar-refractivity contribution is 6.03. The quantitative estimate of drug-likeness (QED) is 0.357. The number of nitrogens with zero attached hydrogens (tertiary/aromatic N) is 1. The van der Waals surface area contributed by atoms with E-state index in [1.807, 2.05) is 0 Å². The van der Waals surface area contributed by atoms with E-state index in [1.54, 1.807) is 0 Å². The Bertz CT molecular complexity index is 1570. The third-order valence-electron chi connectivity index (χ3n) is 4.89. The smallest absolute Gasteiger partial charge is 0.419 e. The number of hydrogen-bond acceptors (Lipinski definition) is 5. The molecule has 35 heavy (non-hydrogen) atoms. The van der Waals surface area contributed by atoms with Crippen molar-refractivity contribution in [3.8, 4) is 28.5 Å². The maximum atomic E-state index is 14.4. The number of carbonyl (C=O) groups excluding carboxylic acids is 1. The zero-order valence-corrected chi connectivity index (χ0v) is 17.0. The highest BCUT2D eigenvalue weighted by Crippen LogP contribution is 2.42. The van der Waals surface area contributed by atoms with Gasteiger partial charge in [-0.3, -0.25) is 14.6 Å². The molecule has 2 aromatic carbocycles. The van der Waals surface area contributed by atoms with Crippen LogP contribution in [0.15, 0.2) is 47.4 Å². The van der Waals surface area contributed by atoms with Gasteiger partial charge < -0.3 is 20.6 Å². The molecule has 2 heterocycles. The molecular weight excluding hydrogens is 484 g/mol. The van der Waals surface area contributed by atoms with Gasteiger partial charge in [0.05, 0.1) is 22.2 Å². The Hall–Kier alpha value is -4.55. The van der Waals surface area contributed by atoms with E-state index in [1.165, 1.54) is 6.07 Å². The van der Waals surface area contributed by atoms with E-state index in [9.17, 15) is 41.0 Å². The van der Waals surface area contributed by atoms with E-state index in [-0.39, 0.29) is 28.4 Å². The second-order valence-corrected chi connectivity index (χ2v) is 7.13. The molecule has 4 aromatic rings. The molecule has 0 unspecified atom stereocenters. The standard InChI is InChI=1S/C22H11F6N3O4/c23-10-1-2-15(20(33)18(10)25)35-16-6-9(22(26,27)28)11(24)5-8(16)13-7-14(32)17-12(31-13)3-4-30-19(17)21(29)34/h1-7,33H,(H2,29,34)(H,31,32). The number of amides is 1. The van der Waals surface area contributed by atoms with Gasteiger partial charge in [0.25, 0.3) is 5.91 Å². The van der Waals surface area contributed by atoms with Crippen LogP contribution < -0.4 is 15.9 Å². The molecule has 0 saturated heterocycles. The molecule has 0 aliphatic rings. The molecule has 0 aliphatic heterocycles. The maximum absolute atomic E-state index is 14.4. The van der Waals surface area contributed by atoms with Crippen LogP contribution in [0.3, 0.4) is 0 Å². The van der Waals surface area contributed by atoms with Crippen LogP contribution in [0.5, 0.6) is 17.2 Å². The summed E-state index contributed by atoms with van der Waals surface area (Å²) in [4.78, 5) is 30.7. The summed E-state index contributed by atoms with van der Waals surface area (Å²) in [6.45, 7) is 0. The molecule has 4 N–H and O–H groups in total. The van der Waals surface area contributed by atoms with E-state index in [0.29, 0.717) is 12.1 Å². The van der Waals surface area contributed by atoms with Crippen LogP contribution in [-0.2, 0) is 6.18 Å². The summed E-state index contributed by atoms with van der Waals surface area (Å²) >= 11 is 0. The number of hydrogen-bond donors (Lipinski definition) is 3. The molecule has 4 rings (SSSR count). The number of rotatable bonds is 4. The van der Waals surface area contributed by atoms with Crippen LogP contribution in [0.4, 0.5) is 26.3 Å². The molecule has 180 valence electrons. The summed E-state index contributed by atoms with van der Waals surface area (Å²) in [5, 5.41) is 9.58. The molecule has 0 saturated carbocycles. The Labute approximate surface area is 190 Å². The zero-order valence-electron chi connectivity index (χ0n) is 17.0. The van der Waals surface area contributed by atoms with Gasteiger partial charge in [-0.15, -0.1) is 0 Å². The fourth-order valence-corrected chi connectivity index (χ4v) is 3.32. The molecule has 0 fully saturated rings. The van der Waals surface area contributed by atoms with Crippen LogP contribution in [0.2, 0.25) is 0 Å². The third kappa shape index (κ3) is 4.23. The van der Waals surface area contributed by atoms with Gasteiger partial charge >= 0.3 is 6.18 Å². The molecule has 0 bridgehead atoms. The maximum Gasteiger partial charge on any atom is 0.419 e. The first-order chi connectivity index (χ1) is 16.4. The highest BCUT2D eigenvalue weighted by Gasteiger charge is 2.36. The normalized spacial score (nSPS) is 11.6. The number of H-pyrrole nitrogens is 1. The second-order valence-electron chi connectivity index (χ2n) is 7.13. The molecule has 0 aliphatic carbocycles. The number of alkyl halides is 3. The number of aromatic nitrogens is 2. The van der Waals surface area contributed by atoms with Crippen molar-refractivity contribution in [1.29, 1.82) is 0 Å². The Balaban J connectivity index is 1.98. The fraction of sp³-hybridized carbons (Fsp3) is 0.0455. The number of ether oxygens (including phenoxy) is 1. The van der Waals surface area contributed by atoms with Gasteiger partial charge in [-0.05, 0) is 30.3 Å². The number of halogens is 6. The Morgan fingerprint density at radius 1 is 1.03 bits per heavy atom. The van der Waals surface area contributed by atoms with Crippen molar-refractivity contribution >= 4 is 16.8 Å².